The van der Waals surface area contributed by atoms with E-state index >= 15 is 0 Å². The molecule has 0 spiro atoms. The lowest BCUT2D eigenvalue weighted by molar-refractivity contribution is 0.260. The monoisotopic (exact) mass is 274 g/mol. The van der Waals surface area contributed by atoms with E-state index in [9.17, 15) is 0 Å². The molecule has 0 saturated carbocycles. The van der Waals surface area contributed by atoms with Crippen LogP contribution in [0.15, 0.2) is 24.3 Å². The van der Waals surface area contributed by atoms with Gasteiger partial charge in [0.15, 0.2) is 0 Å². The van der Waals surface area contributed by atoms with E-state index < -0.39 is 0 Å². The number of nitrogens with one attached hydrogen (secondary N) is 1. The lowest BCUT2D eigenvalue weighted by Crippen LogP contribution is -2.37. The maximum Gasteiger partial charge on any atom is 0.0236 e. The molecular formula is C18H30N2. The third-order valence-electron chi connectivity index (χ3n) is 4.17. The molecule has 112 valence electrons. The molecular weight excluding hydrogens is 244 g/mol. The Kier molecular flexibility index (Phi) is 5.22. The normalized spacial score (nSPS) is 20.5. The van der Waals surface area contributed by atoms with Gasteiger partial charge >= 0.3 is 0 Å². The van der Waals surface area contributed by atoms with Crippen molar-refractivity contribution >= 4 is 0 Å². The molecule has 0 aromatic heterocycles. The molecule has 2 nitrogen and oxygen atoms in total. The van der Waals surface area contributed by atoms with E-state index in [1.165, 1.54) is 30.5 Å². The van der Waals surface area contributed by atoms with E-state index in [1.54, 1.807) is 0 Å². The summed E-state index contributed by atoms with van der Waals surface area (Å²) in [5.41, 5.74) is 3.09. The van der Waals surface area contributed by atoms with Crippen molar-refractivity contribution in [3.8, 4) is 0 Å². The minimum absolute atomic E-state index is 0.214. The van der Waals surface area contributed by atoms with Gasteiger partial charge in [-0.3, -0.25) is 4.90 Å². The van der Waals surface area contributed by atoms with Gasteiger partial charge in [0.2, 0.25) is 0 Å². The van der Waals surface area contributed by atoms with Crippen LogP contribution in [-0.2, 0) is 13.0 Å². The van der Waals surface area contributed by atoms with Gasteiger partial charge in [-0.1, -0.05) is 24.3 Å². The van der Waals surface area contributed by atoms with Crippen molar-refractivity contribution in [2.24, 2.45) is 0 Å². The van der Waals surface area contributed by atoms with Crippen LogP contribution in [0.1, 0.15) is 51.7 Å². The van der Waals surface area contributed by atoms with Gasteiger partial charge in [-0.05, 0) is 71.2 Å². The zero-order valence-corrected chi connectivity index (χ0v) is 13.6. The maximum atomic E-state index is 3.54. The molecule has 0 aliphatic carbocycles. The predicted octanol–water partition coefficient (Wildman–Crippen LogP) is 3.60. The lowest BCUT2D eigenvalue weighted by atomic mass is 10.1. The van der Waals surface area contributed by atoms with E-state index in [0.29, 0.717) is 0 Å². The van der Waals surface area contributed by atoms with Gasteiger partial charge in [0.05, 0.1) is 0 Å². The Bertz CT molecular complexity index is 402. The molecule has 0 bridgehead atoms. The Balaban J connectivity index is 1.80. The number of rotatable bonds is 5. The molecule has 1 atom stereocenters. The third kappa shape index (κ3) is 4.92. The molecule has 1 aliphatic heterocycles. The first kappa shape index (κ1) is 15.5. The van der Waals surface area contributed by atoms with E-state index in [2.05, 4.69) is 62.2 Å². The van der Waals surface area contributed by atoms with Crippen molar-refractivity contribution in [1.82, 2.24) is 10.2 Å². The highest BCUT2D eigenvalue weighted by Crippen LogP contribution is 2.19. The highest BCUT2D eigenvalue weighted by molar-refractivity contribution is 5.23. The quantitative estimate of drug-likeness (QED) is 0.882. The van der Waals surface area contributed by atoms with Crippen LogP contribution in [0.2, 0.25) is 0 Å². The molecule has 1 fully saturated rings. The van der Waals surface area contributed by atoms with E-state index in [4.69, 9.17) is 0 Å². The Labute approximate surface area is 124 Å². The number of benzene rings is 1. The fourth-order valence-electron chi connectivity index (χ4n) is 2.86. The van der Waals surface area contributed by atoms with Gasteiger partial charge in [0.1, 0.15) is 0 Å². The highest BCUT2D eigenvalue weighted by atomic mass is 15.2. The summed E-state index contributed by atoms with van der Waals surface area (Å²) < 4.78 is 0. The molecule has 2 heteroatoms. The molecule has 1 aromatic rings. The summed E-state index contributed by atoms with van der Waals surface area (Å²) in [7, 11) is 0. The average molecular weight is 274 g/mol. The summed E-state index contributed by atoms with van der Waals surface area (Å²) in [4.78, 5) is 2.59. The van der Waals surface area contributed by atoms with Crippen LogP contribution in [0.4, 0.5) is 0 Å². The van der Waals surface area contributed by atoms with Gasteiger partial charge < -0.3 is 5.32 Å². The topological polar surface area (TPSA) is 15.3 Å². The Morgan fingerprint density at radius 1 is 1.15 bits per heavy atom. The van der Waals surface area contributed by atoms with Gasteiger partial charge in [-0.25, -0.2) is 0 Å². The summed E-state index contributed by atoms with van der Waals surface area (Å²) in [6.45, 7) is 12.4. The minimum atomic E-state index is 0.214. The summed E-state index contributed by atoms with van der Waals surface area (Å²) in [6.07, 6.45) is 3.83. The zero-order valence-electron chi connectivity index (χ0n) is 13.6. The fourth-order valence-corrected chi connectivity index (χ4v) is 2.86. The Hall–Kier alpha value is -0.860. The van der Waals surface area contributed by atoms with Crippen molar-refractivity contribution in [2.75, 3.05) is 13.1 Å². The van der Waals surface area contributed by atoms with Crippen LogP contribution in [-0.4, -0.2) is 29.6 Å². The Morgan fingerprint density at radius 2 is 1.80 bits per heavy atom. The third-order valence-corrected chi connectivity index (χ3v) is 4.17. The van der Waals surface area contributed by atoms with Gasteiger partial charge in [-0.15, -0.1) is 0 Å². The van der Waals surface area contributed by atoms with Crippen LogP contribution >= 0.6 is 0 Å². The second-order valence-corrected chi connectivity index (χ2v) is 7.20. The molecule has 1 aromatic carbocycles. The SMILES string of the molecule is CC1CCCN1Cc1ccc(CCNC(C)(C)C)cc1. The number of nitrogens with zero attached hydrogens (tertiary/aromatic N) is 1. The summed E-state index contributed by atoms with van der Waals surface area (Å²) in [5, 5.41) is 3.54. The van der Waals surface area contributed by atoms with Crippen molar-refractivity contribution in [1.29, 1.82) is 0 Å². The van der Waals surface area contributed by atoms with Crippen LogP contribution in [0.25, 0.3) is 0 Å². The molecule has 1 heterocycles. The fraction of sp³-hybridized carbons (Fsp3) is 0.667. The molecule has 1 aliphatic rings. The lowest BCUT2D eigenvalue weighted by Gasteiger charge is -2.21. The van der Waals surface area contributed by atoms with Crippen molar-refractivity contribution in [3.63, 3.8) is 0 Å². The number of hydrogen-bond donors (Lipinski definition) is 1. The zero-order chi connectivity index (χ0) is 14.6. The van der Waals surface area contributed by atoms with Crippen LogP contribution in [0, 0.1) is 0 Å². The Morgan fingerprint density at radius 3 is 2.35 bits per heavy atom. The molecule has 1 unspecified atom stereocenters. The van der Waals surface area contributed by atoms with E-state index in [1.807, 2.05) is 0 Å². The predicted molar refractivity (Wildman–Crippen MR) is 87.0 cm³/mol. The van der Waals surface area contributed by atoms with Crippen molar-refractivity contribution in [2.45, 2.75) is 65.1 Å². The van der Waals surface area contributed by atoms with Crippen LogP contribution < -0.4 is 5.32 Å². The van der Waals surface area contributed by atoms with Gasteiger partial charge in [0, 0.05) is 18.1 Å². The largest absolute Gasteiger partial charge is 0.312 e. The second-order valence-electron chi connectivity index (χ2n) is 7.20. The van der Waals surface area contributed by atoms with E-state index in [0.717, 1.165) is 25.6 Å². The number of likely N-dealkylation sites (tertiary alicyclic amines) is 1. The first-order chi connectivity index (χ1) is 9.44. The average Bonchev–Trinajstić information content (AvgIpc) is 2.76. The summed E-state index contributed by atoms with van der Waals surface area (Å²) in [5.74, 6) is 0. The molecule has 1 saturated heterocycles. The van der Waals surface area contributed by atoms with E-state index in [-0.39, 0.29) is 5.54 Å². The first-order valence-corrected chi connectivity index (χ1v) is 8.01. The van der Waals surface area contributed by atoms with Crippen molar-refractivity contribution < 1.29 is 0 Å². The first-order valence-electron chi connectivity index (χ1n) is 8.01. The molecule has 0 amide bonds. The highest BCUT2D eigenvalue weighted by Gasteiger charge is 2.19. The van der Waals surface area contributed by atoms with Crippen LogP contribution in [0.3, 0.4) is 0 Å². The minimum Gasteiger partial charge on any atom is -0.312 e. The molecule has 2 rings (SSSR count). The smallest absolute Gasteiger partial charge is 0.0236 e. The number of hydrogen-bond acceptors (Lipinski definition) is 2. The maximum absolute atomic E-state index is 3.54. The van der Waals surface area contributed by atoms with Crippen LogP contribution in [0.5, 0.6) is 0 Å². The second kappa shape index (κ2) is 6.73. The van der Waals surface area contributed by atoms with Gasteiger partial charge in [-0.2, -0.15) is 0 Å². The standard InChI is InChI=1S/C18H30N2/c1-15-6-5-13-20(15)14-17-9-7-16(8-10-17)11-12-19-18(2,3)4/h7-10,15,19H,5-6,11-14H2,1-4H3. The summed E-state index contributed by atoms with van der Waals surface area (Å²) >= 11 is 0. The molecule has 20 heavy (non-hydrogen) atoms. The van der Waals surface area contributed by atoms with Crippen molar-refractivity contribution in [3.05, 3.63) is 35.4 Å². The molecule has 1 N–H and O–H groups in total. The summed E-state index contributed by atoms with van der Waals surface area (Å²) in [6, 6.07) is 9.95. The molecule has 0 radical (unpaired) electrons. The van der Waals surface area contributed by atoms with Gasteiger partial charge in [0.25, 0.3) is 0 Å².